The van der Waals surface area contributed by atoms with Gasteiger partial charge in [-0.15, -0.1) is 0 Å². The monoisotopic (exact) mass is 355 g/mol. The molecular weight excluding hydrogens is 341 g/mol. The van der Waals surface area contributed by atoms with E-state index < -0.39 is 0 Å². The third-order valence-corrected chi connectivity index (χ3v) is 3.71. The van der Waals surface area contributed by atoms with Gasteiger partial charge in [0.2, 0.25) is 0 Å². The molecule has 0 atom stereocenters. The summed E-state index contributed by atoms with van der Waals surface area (Å²) in [6.07, 6.45) is 1.74. The predicted octanol–water partition coefficient (Wildman–Crippen LogP) is 2.30. The second-order valence-electron chi connectivity index (χ2n) is 4.09. The van der Waals surface area contributed by atoms with Gasteiger partial charge in [0.05, 0.1) is 17.8 Å². The second-order valence-corrected chi connectivity index (χ2v) is 5.25. The van der Waals surface area contributed by atoms with Crippen LogP contribution in [0.2, 0.25) is 0 Å². The topological polar surface area (TPSA) is 38.1 Å². The molecule has 0 saturated heterocycles. The maximum absolute atomic E-state index is 12.3. The number of amides is 1. The van der Waals surface area contributed by atoms with Crippen LogP contribution in [0.3, 0.4) is 0 Å². The van der Waals surface area contributed by atoms with Crippen LogP contribution in [0.1, 0.15) is 16.1 Å². The Hall–Kier alpha value is -1.37. The molecule has 5 heteroatoms. The Bertz CT molecular complexity index is 565. The van der Waals surface area contributed by atoms with Gasteiger partial charge in [-0.25, -0.2) is 0 Å². The van der Waals surface area contributed by atoms with Crippen molar-refractivity contribution in [3.63, 3.8) is 0 Å². The summed E-state index contributed by atoms with van der Waals surface area (Å²) in [7, 11) is 3.68. The molecule has 0 aliphatic carbocycles. The average molecular weight is 355 g/mol. The van der Waals surface area contributed by atoms with Gasteiger partial charge in [-0.3, -0.25) is 9.48 Å². The molecule has 0 radical (unpaired) electrons. The van der Waals surface area contributed by atoms with Gasteiger partial charge < -0.3 is 4.90 Å². The van der Waals surface area contributed by atoms with Gasteiger partial charge in [0, 0.05) is 23.9 Å². The second kappa shape index (κ2) is 5.51. The quantitative estimate of drug-likeness (QED) is 0.793. The first-order valence-electron chi connectivity index (χ1n) is 5.56. The Balaban J connectivity index is 2.15. The van der Waals surface area contributed by atoms with Crippen LogP contribution in [-0.4, -0.2) is 27.6 Å². The molecule has 0 aliphatic heterocycles. The Morgan fingerprint density at radius 2 is 2.11 bits per heavy atom. The lowest BCUT2D eigenvalue weighted by atomic mass is 10.2. The van der Waals surface area contributed by atoms with Gasteiger partial charge in [0.15, 0.2) is 0 Å². The van der Waals surface area contributed by atoms with Crippen molar-refractivity contribution in [1.82, 2.24) is 14.7 Å². The zero-order valence-corrected chi connectivity index (χ0v) is 12.5. The van der Waals surface area contributed by atoms with Crippen molar-refractivity contribution in [3.8, 4) is 0 Å². The predicted molar refractivity (Wildman–Crippen MR) is 78.2 cm³/mol. The fourth-order valence-electron chi connectivity index (χ4n) is 1.71. The van der Waals surface area contributed by atoms with E-state index in [1.807, 2.05) is 37.4 Å². The van der Waals surface area contributed by atoms with E-state index in [-0.39, 0.29) is 5.91 Å². The lowest BCUT2D eigenvalue weighted by Crippen LogP contribution is -2.27. The number of hydrogen-bond donors (Lipinski definition) is 0. The molecular formula is C13H14IN3O. The first-order valence-corrected chi connectivity index (χ1v) is 6.64. The van der Waals surface area contributed by atoms with E-state index >= 15 is 0 Å². The number of aryl methyl sites for hydroxylation is 1. The van der Waals surface area contributed by atoms with Gasteiger partial charge in [-0.2, -0.15) is 5.10 Å². The molecule has 1 aromatic carbocycles. The highest BCUT2D eigenvalue weighted by Crippen LogP contribution is 2.14. The summed E-state index contributed by atoms with van der Waals surface area (Å²) in [5.41, 5.74) is 1.75. The standard InChI is InChI=1S/C13H14IN3O/c1-16(9-10-7-8-15-17(10)2)13(18)11-5-3-4-6-12(11)14/h3-8H,9H2,1-2H3. The Labute approximate surface area is 120 Å². The van der Waals surface area contributed by atoms with Gasteiger partial charge in [0.1, 0.15) is 0 Å². The normalized spacial score (nSPS) is 10.4. The molecule has 2 aromatic rings. The van der Waals surface area contributed by atoms with Crippen molar-refractivity contribution in [3.05, 3.63) is 51.4 Å². The van der Waals surface area contributed by atoms with E-state index in [4.69, 9.17) is 0 Å². The lowest BCUT2D eigenvalue weighted by molar-refractivity contribution is 0.0781. The van der Waals surface area contributed by atoms with E-state index in [0.29, 0.717) is 6.54 Å². The first kappa shape index (κ1) is 13.1. The van der Waals surface area contributed by atoms with Crippen molar-refractivity contribution < 1.29 is 4.79 Å². The van der Waals surface area contributed by atoms with Crippen molar-refractivity contribution in [2.24, 2.45) is 7.05 Å². The summed E-state index contributed by atoms with van der Waals surface area (Å²) in [5, 5.41) is 4.10. The summed E-state index contributed by atoms with van der Waals surface area (Å²) in [5.74, 6) is 0.0289. The molecule has 0 bridgehead atoms. The number of hydrogen-bond acceptors (Lipinski definition) is 2. The number of carbonyl (C=O) groups excluding carboxylic acids is 1. The fourth-order valence-corrected chi connectivity index (χ4v) is 2.33. The van der Waals surface area contributed by atoms with Gasteiger partial charge >= 0.3 is 0 Å². The summed E-state index contributed by atoms with van der Waals surface area (Å²) in [6.45, 7) is 0.556. The highest BCUT2D eigenvalue weighted by atomic mass is 127. The van der Waals surface area contributed by atoms with Gasteiger partial charge in [-0.05, 0) is 40.8 Å². The van der Waals surface area contributed by atoms with Crippen LogP contribution < -0.4 is 0 Å². The summed E-state index contributed by atoms with van der Waals surface area (Å²) >= 11 is 2.18. The smallest absolute Gasteiger partial charge is 0.255 e. The molecule has 18 heavy (non-hydrogen) atoms. The molecule has 0 aliphatic rings. The SMILES string of the molecule is CN(Cc1ccnn1C)C(=O)c1ccccc1I. The van der Waals surface area contributed by atoms with Crippen molar-refractivity contribution in [2.75, 3.05) is 7.05 Å². The molecule has 4 nitrogen and oxygen atoms in total. The van der Waals surface area contributed by atoms with Crippen molar-refractivity contribution in [2.45, 2.75) is 6.54 Å². The molecule has 0 N–H and O–H groups in total. The molecule has 0 spiro atoms. The van der Waals surface area contributed by atoms with Crippen molar-refractivity contribution in [1.29, 1.82) is 0 Å². The zero-order valence-electron chi connectivity index (χ0n) is 10.3. The molecule has 1 amide bonds. The van der Waals surface area contributed by atoms with E-state index in [0.717, 1.165) is 14.8 Å². The van der Waals surface area contributed by atoms with Gasteiger partial charge in [-0.1, -0.05) is 12.1 Å². The number of carbonyl (C=O) groups is 1. The Morgan fingerprint density at radius 1 is 1.39 bits per heavy atom. The van der Waals surface area contributed by atoms with E-state index in [1.54, 1.807) is 22.8 Å². The fraction of sp³-hybridized carbons (Fsp3) is 0.231. The molecule has 0 saturated carbocycles. The lowest BCUT2D eigenvalue weighted by Gasteiger charge is -2.18. The highest BCUT2D eigenvalue weighted by molar-refractivity contribution is 14.1. The highest BCUT2D eigenvalue weighted by Gasteiger charge is 2.15. The van der Waals surface area contributed by atoms with E-state index in [1.165, 1.54) is 0 Å². The summed E-state index contributed by atoms with van der Waals surface area (Å²) in [6, 6.07) is 9.52. The van der Waals surface area contributed by atoms with Crippen LogP contribution in [0.15, 0.2) is 36.5 Å². The minimum Gasteiger partial charge on any atom is -0.336 e. The molecule has 1 heterocycles. The zero-order chi connectivity index (χ0) is 13.1. The number of aromatic nitrogens is 2. The van der Waals surface area contributed by atoms with Crippen LogP contribution in [0, 0.1) is 3.57 Å². The maximum atomic E-state index is 12.3. The number of halogens is 1. The summed E-state index contributed by atoms with van der Waals surface area (Å²) in [4.78, 5) is 14.0. The Morgan fingerprint density at radius 3 is 2.72 bits per heavy atom. The van der Waals surface area contributed by atoms with Crippen LogP contribution in [0.25, 0.3) is 0 Å². The Kier molecular flexibility index (Phi) is 4.00. The third kappa shape index (κ3) is 2.72. The van der Waals surface area contributed by atoms with E-state index in [9.17, 15) is 4.79 Å². The van der Waals surface area contributed by atoms with Crippen molar-refractivity contribution >= 4 is 28.5 Å². The molecule has 2 rings (SSSR count). The maximum Gasteiger partial charge on any atom is 0.255 e. The summed E-state index contributed by atoms with van der Waals surface area (Å²) < 4.78 is 2.75. The van der Waals surface area contributed by atoms with Gasteiger partial charge in [0.25, 0.3) is 5.91 Å². The number of nitrogens with zero attached hydrogens (tertiary/aromatic N) is 3. The molecule has 0 unspecified atom stereocenters. The molecule has 1 aromatic heterocycles. The number of rotatable bonds is 3. The third-order valence-electron chi connectivity index (χ3n) is 2.77. The number of benzene rings is 1. The molecule has 94 valence electrons. The minimum absolute atomic E-state index is 0.0289. The van der Waals surface area contributed by atoms with E-state index in [2.05, 4.69) is 27.7 Å². The van der Waals surface area contributed by atoms with Crippen LogP contribution >= 0.6 is 22.6 Å². The van der Waals surface area contributed by atoms with Crippen LogP contribution in [0.4, 0.5) is 0 Å². The van der Waals surface area contributed by atoms with Crippen LogP contribution in [-0.2, 0) is 13.6 Å². The first-order chi connectivity index (χ1) is 8.59. The molecule has 0 fully saturated rings. The average Bonchev–Trinajstić information content (AvgIpc) is 2.75. The van der Waals surface area contributed by atoms with Crippen LogP contribution in [0.5, 0.6) is 0 Å². The largest absolute Gasteiger partial charge is 0.336 e. The minimum atomic E-state index is 0.0289.